The summed E-state index contributed by atoms with van der Waals surface area (Å²) in [4.78, 5) is 30.9. The van der Waals surface area contributed by atoms with Crippen molar-refractivity contribution in [3.05, 3.63) is 81.1 Å². The summed E-state index contributed by atoms with van der Waals surface area (Å²) >= 11 is 1.64. The highest BCUT2D eigenvalue weighted by Crippen LogP contribution is 2.25. The Kier molecular flexibility index (Phi) is 6.44. The number of likely N-dealkylation sites (N-methyl/N-ethyl adjacent to an activating group) is 1. The van der Waals surface area contributed by atoms with Crippen LogP contribution in [0.1, 0.15) is 34.8 Å². The van der Waals surface area contributed by atoms with Gasteiger partial charge in [0.15, 0.2) is 0 Å². The van der Waals surface area contributed by atoms with Crippen molar-refractivity contribution < 1.29 is 4.79 Å². The molecule has 1 aromatic carbocycles. The molecule has 1 amide bonds. The predicted molar refractivity (Wildman–Crippen MR) is 116 cm³/mol. The van der Waals surface area contributed by atoms with Gasteiger partial charge in [0.1, 0.15) is 5.56 Å². The molecule has 0 saturated carbocycles. The van der Waals surface area contributed by atoms with Gasteiger partial charge in [-0.1, -0.05) is 37.3 Å². The van der Waals surface area contributed by atoms with Gasteiger partial charge in [-0.3, -0.25) is 14.5 Å². The number of hydrogen-bond acceptors (Lipinski definition) is 4. The van der Waals surface area contributed by atoms with Gasteiger partial charge < -0.3 is 10.3 Å². The molecular weight excluding hydrogens is 370 g/mol. The van der Waals surface area contributed by atoms with E-state index in [2.05, 4.69) is 40.8 Å². The highest BCUT2D eigenvalue weighted by Gasteiger charge is 2.12. The molecule has 28 heavy (non-hydrogen) atoms. The number of fused-ring (bicyclic) bond motifs is 1. The van der Waals surface area contributed by atoms with Crippen molar-refractivity contribution in [2.75, 3.05) is 13.1 Å². The fraction of sp³-hybridized carbons (Fsp3) is 0.273. The van der Waals surface area contributed by atoms with Crippen molar-refractivity contribution in [1.82, 2.24) is 15.2 Å². The Hall–Kier alpha value is -2.70. The molecule has 0 fully saturated rings. The van der Waals surface area contributed by atoms with Crippen LogP contribution >= 0.6 is 11.3 Å². The molecule has 0 aliphatic rings. The number of aromatic amines is 1. The fourth-order valence-electron chi connectivity index (χ4n) is 3.07. The lowest BCUT2D eigenvalue weighted by Crippen LogP contribution is -2.31. The zero-order valence-electron chi connectivity index (χ0n) is 16.2. The molecule has 5 nitrogen and oxygen atoms in total. The first-order chi connectivity index (χ1) is 13.5. The highest BCUT2D eigenvalue weighted by atomic mass is 32.1. The maximum Gasteiger partial charge on any atom is 0.261 e. The molecule has 0 radical (unpaired) electrons. The molecule has 0 atom stereocenters. The van der Waals surface area contributed by atoms with Crippen LogP contribution in [0.15, 0.2) is 59.4 Å². The Labute approximate surface area is 168 Å². The van der Waals surface area contributed by atoms with Crippen molar-refractivity contribution in [1.29, 1.82) is 0 Å². The van der Waals surface area contributed by atoms with Gasteiger partial charge in [0.05, 0.1) is 6.54 Å². The summed E-state index contributed by atoms with van der Waals surface area (Å²) in [5.74, 6) is -0.362. The second-order valence-electron chi connectivity index (χ2n) is 6.92. The zero-order chi connectivity index (χ0) is 20.1. The summed E-state index contributed by atoms with van der Waals surface area (Å²) in [5, 5.41) is 4.01. The Bertz CT molecular complexity index is 1020. The van der Waals surface area contributed by atoms with Gasteiger partial charge in [-0.05, 0) is 43.1 Å². The third kappa shape index (κ3) is 4.97. The number of aromatic nitrogens is 1. The summed E-state index contributed by atoms with van der Waals surface area (Å²) in [6.07, 6.45) is 0. The quantitative estimate of drug-likeness (QED) is 0.568. The molecule has 2 aromatic heterocycles. The van der Waals surface area contributed by atoms with Gasteiger partial charge >= 0.3 is 0 Å². The number of carbonyl (C=O) groups excluding carboxylic acids is 1. The van der Waals surface area contributed by atoms with E-state index in [1.807, 2.05) is 25.1 Å². The zero-order valence-corrected chi connectivity index (χ0v) is 17.1. The second kappa shape index (κ2) is 8.99. The van der Waals surface area contributed by atoms with Crippen molar-refractivity contribution >= 4 is 27.3 Å². The smallest absolute Gasteiger partial charge is 0.261 e. The lowest BCUT2D eigenvalue weighted by molar-refractivity contribution is 0.0949. The van der Waals surface area contributed by atoms with E-state index in [1.54, 1.807) is 23.5 Å². The van der Waals surface area contributed by atoms with E-state index in [0.717, 1.165) is 34.6 Å². The van der Waals surface area contributed by atoms with Gasteiger partial charge in [-0.15, -0.1) is 11.3 Å². The molecule has 0 aliphatic carbocycles. The normalized spacial score (nSPS) is 11.1. The summed E-state index contributed by atoms with van der Waals surface area (Å²) < 4.78 is 1.18. The third-order valence-electron chi connectivity index (χ3n) is 4.45. The molecule has 3 aromatic rings. The van der Waals surface area contributed by atoms with Gasteiger partial charge in [0, 0.05) is 28.4 Å². The molecule has 0 aliphatic heterocycles. The van der Waals surface area contributed by atoms with Crippen LogP contribution in [0.4, 0.5) is 0 Å². The summed E-state index contributed by atoms with van der Waals surface area (Å²) in [5.41, 5.74) is 1.63. The predicted octanol–water partition coefficient (Wildman–Crippen LogP) is 3.92. The largest absolute Gasteiger partial charge is 0.347 e. The van der Waals surface area contributed by atoms with Gasteiger partial charge in [-0.2, -0.15) is 0 Å². The Morgan fingerprint density at radius 3 is 2.71 bits per heavy atom. The molecule has 146 valence electrons. The number of pyridine rings is 1. The molecule has 0 bridgehead atoms. The summed E-state index contributed by atoms with van der Waals surface area (Å²) in [7, 11) is 0. The van der Waals surface area contributed by atoms with Crippen LogP contribution < -0.4 is 10.9 Å². The lowest BCUT2D eigenvalue weighted by atomic mass is 10.2. The van der Waals surface area contributed by atoms with Crippen molar-refractivity contribution in [2.24, 2.45) is 0 Å². The minimum atomic E-state index is -0.363. The minimum Gasteiger partial charge on any atom is -0.347 e. The fourth-order valence-corrected chi connectivity index (χ4v) is 4.08. The first kappa shape index (κ1) is 20.0. The van der Waals surface area contributed by atoms with E-state index in [4.69, 9.17) is 0 Å². The van der Waals surface area contributed by atoms with Crippen LogP contribution in [-0.4, -0.2) is 28.9 Å². The number of nitrogens with one attached hydrogen (secondary N) is 2. The molecule has 0 saturated heterocycles. The summed E-state index contributed by atoms with van der Waals surface area (Å²) in [6, 6.07) is 13.6. The lowest BCUT2D eigenvalue weighted by Gasteiger charge is -2.20. The number of hydrogen-bond donors (Lipinski definition) is 2. The van der Waals surface area contributed by atoms with Crippen molar-refractivity contribution in [3.63, 3.8) is 0 Å². The molecular formula is C22H25N3O2S. The van der Waals surface area contributed by atoms with E-state index < -0.39 is 0 Å². The summed E-state index contributed by atoms with van der Waals surface area (Å²) in [6.45, 7) is 10.6. The van der Waals surface area contributed by atoms with E-state index >= 15 is 0 Å². The topological polar surface area (TPSA) is 65.2 Å². The van der Waals surface area contributed by atoms with Gasteiger partial charge in [0.25, 0.3) is 11.5 Å². The molecule has 0 unspecified atom stereocenters. The Morgan fingerprint density at radius 2 is 2.04 bits per heavy atom. The molecule has 0 spiro atoms. The number of thiophene rings is 1. The second-order valence-corrected chi connectivity index (χ2v) is 8.09. The van der Waals surface area contributed by atoms with E-state index in [0.29, 0.717) is 13.1 Å². The number of carbonyl (C=O) groups is 1. The minimum absolute atomic E-state index is 0.132. The van der Waals surface area contributed by atoms with Crippen LogP contribution in [0.3, 0.4) is 0 Å². The van der Waals surface area contributed by atoms with Crippen molar-refractivity contribution in [3.8, 4) is 0 Å². The molecule has 6 heteroatoms. The average Bonchev–Trinajstić information content (AvgIpc) is 3.08. The third-order valence-corrected chi connectivity index (χ3v) is 5.57. The van der Waals surface area contributed by atoms with Crippen LogP contribution in [0.25, 0.3) is 10.1 Å². The van der Waals surface area contributed by atoms with Crippen LogP contribution in [0.5, 0.6) is 0 Å². The first-order valence-electron chi connectivity index (χ1n) is 9.31. The maximum absolute atomic E-state index is 12.4. The highest BCUT2D eigenvalue weighted by molar-refractivity contribution is 7.19. The maximum atomic E-state index is 12.4. The SMILES string of the molecule is C=C(C)CN(CC)Cc1ccc(C(=O)NCc2cc3ccccc3s2)c(=O)[nH]1. The van der Waals surface area contributed by atoms with E-state index in [1.165, 1.54) is 4.70 Å². The van der Waals surface area contributed by atoms with Crippen molar-refractivity contribution in [2.45, 2.75) is 26.9 Å². The van der Waals surface area contributed by atoms with Crippen LogP contribution in [0.2, 0.25) is 0 Å². The van der Waals surface area contributed by atoms with E-state index in [-0.39, 0.29) is 17.0 Å². The first-order valence-corrected chi connectivity index (χ1v) is 10.1. The molecule has 2 heterocycles. The Morgan fingerprint density at radius 1 is 1.25 bits per heavy atom. The standard InChI is InChI=1S/C22H25N3O2S/c1-4-25(13-15(2)3)14-17-9-10-19(22(27)24-17)21(26)23-12-18-11-16-7-5-6-8-20(16)28-18/h5-11H,2,4,12-14H2,1,3H3,(H,23,26)(H,24,27). The average molecular weight is 396 g/mol. The van der Waals surface area contributed by atoms with Gasteiger partial charge in [0.2, 0.25) is 0 Å². The number of H-pyrrole nitrogens is 1. The number of nitrogens with zero attached hydrogens (tertiary/aromatic N) is 1. The number of amides is 1. The number of benzene rings is 1. The number of rotatable bonds is 8. The van der Waals surface area contributed by atoms with Gasteiger partial charge in [-0.25, -0.2) is 0 Å². The Balaban J connectivity index is 1.65. The molecule has 2 N–H and O–H groups in total. The molecule has 3 rings (SSSR count). The van der Waals surface area contributed by atoms with E-state index in [9.17, 15) is 9.59 Å². The van der Waals surface area contributed by atoms with Crippen LogP contribution in [-0.2, 0) is 13.1 Å². The van der Waals surface area contributed by atoms with Crippen LogP contribution in [0, 0.1) is 0 Å². The monoisotopic (exact) mass is 395 g/mol.